The van der Waals surface area contributed by atoms with Gasteiger partial charge in [0.2, 0.25) is 5.91 Å². The highest BCUT2D eigenvalue weighted by atomic mass is 35.5. The maximum absolute atomic E-state index is 13.7. The van der Waals surface area contributed by atoms with Gasteiger partial charge in [-0.2, -0.15) is 0 Å². The quantitative estimate of drug-likeness (QED) is 0.372. The normalized spacial score (nSPS) is 22.1. The summed E-state index contributed by atoms with van der Waals surface area (Å²) in [5, 5.41) is 3.44. The molecule has 1 aliphatic heterocycles. The van der Waals surface area contributed by atoms with Gasteiger partial charge in [-0.05, 0) is 75.6 Å². The average molecular weight is 541 g/mol. The summed E-state index contributed by atoms with van der Waals surface area (Å²) < 4.78 is 16.8. The molecule has 0 aromatic heterocycles. The lowest BCUT2D eigenvalue weighted by atomic mass is 9.93. The molecule has 9 heteroatoms. The van der Waals surface area contributed by atoms with Crippen LogP contribution < -0.4 is 10.1 Å². The maximum atomic E-state index is 13.7. The molecule has 2 amide bonds. The Morgan fingerprint density at radius 1 is 1.16 bits per heavy atom. The van der Waals surface area contributed by atoms with E-state index in [-0.39, 0.29) is 25.5 Å². The van der Waals surface area contributed by atoms with Gasteiger partial charge >= 0.3 is 12.1 Å². The van der Waals surface area contributed by atoms with Gasteiger partial charge in [0.25, 0.3) is 0 Å². The molecule has 0 spiro atoms. The number of nitrogens with one attached hydrogen (secondary N) is 1. The van der Waals surface area contributed by atoms with Gasteiger partial charge in [0.15, 0.2) is 0 Å². The molecule has 0 bridgehead atoms. The summed E-state index contributed by atoms with van der Waals surface area (Å²) in [6.07, 6.45) is 1.64. The van der Waals surface area contributed by atoms with Crippen LogP contribution in [0.15, 0.2) is 55.1 Å². The number of ether oxygens (including phenoxy) is 3. The SMILES string of the molecule is C=CC1C[C@]1(NC(=O)C1Cc2cc(Oc3cccc(Cl)c3)ccc2CN1C(=O)OC(C)(C)C)C(=O)OCC. The molecule has 4 rings (SSSR count). The summed E-state index contributed by atoms with van der Waals surface area (Å²) in [5.74, 6) is -0.0454. The highest BCUT2D eigenvalue weighted by molar-refractivity contribution is 6.30. The number of carbonyl (C=O) groups excluding carboxylic acids is 3. The summed E-state index contributed by atoms with van der Waals surface area (Å²) in [6, 6.07) is 11.7. The third kappa shape index (κ3) is 5.96. The monoisotopic (exact) mass is 540 g/mol. The largest absolute Gasteiger partial charge is 0.464 e. The zero-order valence-corrected chi connectivity index (χ0v) is 22.8. The van der Waals surface area contributed by atoms with Gasteiger partial charge in [-0.25, -0.2) is 9.59 Å². The molecule has 2 aromatic rings. The Kier molecular flexibility index (Phi) is 7.74. The van der Waals surface area contributed by atoms with Crippen molar-refractivity contribution in [1.82, 2.24) is 10.2 Å². The number of benzene rings is 2. The molecular formula is C29H33ClN2O6. The number of carbonyl (C=O) groups is 3. The molecule has 38 heavy (non-hydrogen) atoms. The molecule has 2 aliphatic rings. The minimum Gasteiger partial charge on any atom is -0.464 e. The Morgan fingerprint density at radius 3 is 2.53 bits per heavy atom. The van der Waals surface area contributed by atoms with Crippen LogP contribution in [0.1, 0.15) is 45.2 Å². The van der Waals surface area contributed by atoms with Crippen molar-refractivity contribution in [2.45, 2.75) is 64.3 Å². The first-order chi connectivity index (χ1) is 18.0. The Balaban J connectivity index is 1.62. The molecule has 2 unspecified atom stereocenters. The van der Waals surface area contributed by atoms with Crippen LogP contribution in [0, 0.1) is 5.92 Å². The number of halogens is 1. The lowest BCUT2D eigenvalue weighted by molar-refractivity contribution is -0.149. The van der Waals surface area contributed by atoms with Gasteiger partial charge in [0.05, 0.1) is 13.2 Å². The second-order valence-corrected chi connectivity index (χ2v) is 11.0. The van der Waals surface area contributed by atoms with Crippen LogP contribution in [0.3, 0.4) is 0 Å². The second kappa shape index (κ2) is 10.7. The summed E-state index contributed by atoms with van der Waals surface area (Å²) in [7, 11) is 0. The second-order valence-electron chi connectivity index (χ2n) is 10.5. The van der Waals surface area contributed by atoms with Crippen LogP contribution in [-0.4, -0.2) is 46.7 Å². The first-order valence-electron chi connectivity index (χ1n) is 12.6. The number of hydrogen-bond acceptors (Lipinski definition) is 6. The molecule has 1 saturated carbocycles. The van der Waals surface area contributed by atoms with E-state index in [2.05, 4.69) is 11.9 Å². The zero-order chi connectivity index (χ0) is 27.7. The van der Waals surface area contributed by atoms with Crippen molar-refractivity contribution in [2.24, 2.45) is 5.92 Å². The molecule has 202 valence electrons. The first kappa shape index (κ1) is 27.5. The maximum Gasteiger partial charge on any atom is 0.411 e. The van der Waals surface area contributed by atoms with Gasteiger partial charge in [-0.3, -0.25) is 9.69 Å². The topological polar surface area (TPSA) is 94.2 Å². The number of nitrogens with zero attached hydrogens (tertiary/aromatic N) is 1. The minimum absolute atomic E-state index is 0.164. The summed E-state index contributed by atoms with van der Waals surface area (Å²) in [6.45, 7) is 11.2. The number of rotatable bonds is 7. The van der Waals surface area contributed by atoms with Crippen LogP contribution in [-0.2, 0) is 32.0 Å². The number of fused-ring (bicyclic) bond motifs is 1. The third-order valence-electron chi connectivity index (χ3n) is 6.56. The molecule has 0 saturated heterocycles. The van der Waals surface area contributed by atoms with Crippen molar-refractivity contribution in [3.63, 3.8) is 0 Å². The Labute approximate surface area is 227 Å². The van der Waals surface area contributed by atoms with Crippen LogP contribution >= 0.6 is 11.6 Å². The summed E-state index contributed by atoms with van der Waals surface area (Å²) >= 11 is 6.08. The molecule has 3 atom stereocenters. The fraction of sp³-hybridized carbons (Fsp3) is 0.414. The van der Waals surface area contributed by atoms with Crippen molar-refractivity contribution in [3.05, 3.63) is 71.3 Å². The first-order valence-corrected chi connectivity index (χ1v) is 13.0. The summed E-state index contributed by atoms with van der Waals surface area (Å²) in [4.78, 5) is 41.0. The Morgan fingerprint density at radius 2 is 1.89 bits per heavy atom. The van der Waals surface area contributed by atoms with Crippen molar-refractivity contribution in [3.8, 4) is 11.5 Å². The zero-order valence-electron chi connectivity index (χ0n) is 22.1. The van der Waals surface area contributed by atoms with Crippen molar-refractivity contribution in [1.29, 1.82) is 0 Å². The van der Waals surface area contributed by atoms with E-state index in [9.17, 15) is 14.4 Å². The highest BCUT2D eigenvalue weighted by Crippen LogP contribution is 2.45. The van der Waals surface area contributed by atoms with Crippen LogP contribution in [0.2, 0.25) is 5.02 Å². The average Bonchev–Trinajstić information content (AvgIpc) is 3.56. The predicted molar refractivity (Wildman–Crippen MR) is 143 cm³/mol. The Bertz CT molecular complexity index is 1260. The lowest BCUT2D eigenvalue weighted by Gasteiger charge is -2.37. The molecule has 1 N–H and O–H groups in total. The van der Waals surface area contributed by atoms with E-state index in [1.165, 1.54) is 4.90 Å². The number of amides is 2. The molecule has 1 heterocycles. The molecule has 1 fully saturated rings. The lowest BCUT2D eigenvalue weighted by Crippen LogP contribution is -2.57. The van der Waals surface area contributed by atoms with Crippen LogP contribution in [0.25, 0.3) is 0 Å². The fourth-order valence-corrected chi connectivity index (χ4v) is 4.78. The highest BCUT2D eigenvalue weighted by Gasteiger charge is 2.61. The molecular weight excluding hydrogens is 508 g/mol. The fourth-order valence-electron chi connectivity index (χ4n) is 4.60. The van der Waals surface area contributed by atoms with E-state index in [0.717, 1.165) is 11.1 Å². The molecule has 0 radical (unpaired) electrons. The van der Waals surface area contributed by atoms with Gasteiger partial charge in [0.1, 0.15) is 28.7 Å². The van der Waals surface area contributed by atoms with Crippen molar-refractivity contribution >= 4 is 29.6 Å². The van der Waals surface area contributed by atoms with Crippen LogP contribution in [0.4, 0.5) is 4.79 Å². The van der Waals surface area contributed by atoms with E-state index in [4.69, 9.17) is 25.8 Å². The molecule has 8 nitrogen and oxygen atoms in total. The van der Waals surface area contributed by atoms with Crippen LogP contribution in [0.5, 0.6) is 11.5 Å². The standard InChI is InChI=1S/C29H33ClN2O6/c1-6-20-16-29(20,26(34)36-7-2)31-25(33)24-14-19-13-23(37-22-10-8-9-21(30)15-22)12-11-18(19)17-32(24)27(35)38-28(3,4)5/h6,8-13,15,20,24H,1,7,14,16-17H2,2-5H3,(H,31,33)/t20?,24?,29-/m1/s1. The van der Waals surface area contributed by atoms with E-state index < -0.39 is 35.2 Å². The molecule has 1 aliphatic carbocycles. The van der Waals surface area contributed by atoms with Crippen molar-refractivity contribution in [2.75, 3.05) is 6.61 Å². The Hall–Kier alpha value is -3.52. The van der Waals surface area contributed by atoms with Gasteiger partial charge < -0.3 is 19.5 Å². The molecule has 2 aromatic carbocycles. The van der Waals surface area contributed by atoms with Gasteiger partial charge in [0, 0.05) is 17.4 Å². The van der Waals surface area contributed by atoms with Gasteiger partial charge in [-0.1, -0.05) is 29.8 Å². The van der Waals surface area contributed by atoms with E-state index in [1.807, 2.05) is 18.2 Å². The van der Waals surface area contributed by atoms with E-state index in [1.54, 1.807) is 58.0 Å². The summed E-state index contributed by atoms with van der Waals surface area (Å²) in [5.41, 5.74) is -0.199. The van der Waals surface area contributed by atoms with Gasteiger partial charge in [-0.15, -0.1) is 6.58 Å². The van der Waals surface area contributed by atoms with Crippen molar-refractivity contribution < 1.29 is 28.6 Å². The number of esters is 1. The third-order valence-corrected chi connectivity index (χ3v) is 6.79. The number of hydrogen-bond donors (Lipinski definition) is 1. The smallest absolute Gasteiger partial charge is 0.411 e. The minimum atomic E-state index is -1.17. The predicted octanol–water partition coefficient (Wildman–Crippen LogP) is 5.42. The van der Waals surface area contributed by atoms with E-state index in [0.29, 0.717) is 22.9 Å². The van der Waals surface area contributed by atoms with E-state index >= 15 is 0 Å².